The van der Waals surface area contributed by atoms with Crippen molar-refractivity contribution in [3.63, 3.8) is 0 Å². The highest BCUT2D eigenvalue weighted by molar-refractivity contribution is 7.26. The minimum atomic E-state index is -0.562. The number of furan rings is 1. The van der Waals surface area contributed by atoms with Gasteiger partial charge in [-0.25, -0.2) is 15.0 Å². The molecular formula is C49H29N3OS. The number of benzene rings is 8. The zero-order valence-electron chi connectivity index (χ0n) is 37.2. The second kappa shape index (κ2) is 12.3. The van der Waals surface area contributed by atoms with Crippen LogP contribution in [-0.2, 0) is 0 Å². The molecule has 3 heterocycles. The smallest absolute Gasteiger partial charge is 0.164 e. The van der Waals surface area contributed by atoms with Gasteiger partial charge in [0.25, 0.3) is 0 Å². The molecule has 0 fully saturated rings. The van der Waals surface area contributed by atoms with Crippen LogP contribution < -0.4 is 0 Å². The molecule has 252 valence electrons. The lowest BCUT2D eigenvalue weighted by Crippen LogP contribution is -2.00. The van der Waals surface area contributed by atoms with Crippen LogP contribution in [0.2, 0.25) is 0 Å². The predicted octanol–water partition coefficient (Wildman–Crippen LogP) is 13.6. The van der Waals surface area contributed by atoms with Gasteiger partial charge < -0.3 is 4.42 Å². The average molecular weight is 717 g/mol. The molecule has 0 aliphatic carbocycles. The maximum absolute atomic E-state index is 9.66. The van der Waals surface area contributed by atoms with Gasteiger partial charge in [0.1, 0.15) is 11.2 Å². The third-order valence-electron chi connectivity index (χ3n) is 9.61. The van der Waals surface area contributed by atoms with Crippen molar-refractivity contribution in [3.05, 3.63) is 176 Å². The SMILES string of the molecule is [2H]c1c(-c2nc(-c3cccc(-c4ccccc4)c3)nc(-c3ccc4c(c3)sc3cccc(-c5ccccc5)c34)n2)c([2H])c2c(oc3c4c([2H])c([2H])c([2H])c([2H])c4c([2H])c([2H])c32)c1[2H]. The van der Waals surface area contributed by atoms with Crippen molar-refractivity contribution >= 4 is 64.2 Å². The summed E-state index contributed by atoms with van der Waals surface area (Å²) in [5, 5.41) is 1.71. The van der Waals surface area contributed by atoms with E-state index in [1.54, 1.807) is 11.3 Å². The Labute approximate surface area is 327 Å². The van der Waals surface area contributed by atoms with Gasteiger partial charge in [0, 0.05) is 53.0 Å². The maximum atomic E-state index is 9.66. The number of fused-ring (bicyclic) bond motifs is 8. The van der Waals surface area contributed by atoms with E-state index in [0.717, 1.165) is 42.4 Å². The molecule has 0 spiro atoms. The topological polar surface area (TPSA) is 51.8 Å². The van der Waals surface area contributed by atoms with E-state index < -0.39 is 48.3 Å². The Balaban J connectivity index is 1.17. The fourth-order valence-electron chi connectivity index (χ4n) is 7.06. The second-order valence-electron chi connectivity index (χ2n) is 12.9. The van der Waals surface area contributed by atoms with Gasteiger partial charge in [-0.15, -0.1) is 11.3 Å². The standard InChI is InChI=1S/C49H29N3OS/c1-3-11-30(12-4-1)33-16-9-17-34(27-33)47-50-48(35-23-26-42-41(28-35)39-24-21-32-15-7-8-18-38(32)46(39)53-42)52-49(51-47)36-22-25-40-44(29-36)54-43-20-10-19-37(45(40)43)31-13-5-2-6-14-31/h1-29H/i7D,8D,15D,18D,21D,23D,24D,26D,28D. The van der Waals surface area contributed by atoms with Gasteiger partial charge >= 0.3 is 0 Å². The van der Waals surface area contributed by atoms with Gasteiger partial charge in [-0.1, -0.05) is 133 Å². The lowest BCUT2D eigenvalue weighted by molar-refractivity contribution is 0.672. The molecule has 0 unspecified atom stereocenters. The van der Waals surface area contributed by atoms with Crippen LogP contribution in [0.5, 0.6) is 0 Å². The summed E-state index contributed by atoms with van der Waals surface area (Å²) in [6.45, 7) is 0. The molecule has 3 aromatic heterocycles. The molecular weight excluding hydrogens is 679 g/mol. The van der Waals surface area contributed by atoms with E-state index in [4.69, 9.17) is 27.6 Å². The molecule has 0 bridgehead atoms. The Morgan fingerprint density at radius 3 is 2.00 bits per heavy atom. The van der Waals surface area contributed by atoms with Crippen molar-refractivity contribution < 1.29 is 16.8 Å². The molecule has 0 aliphatic rings. The molecule has 8 aromatic carbocycles. The van der Waals surface area contributed by atoms with Crippen LogP contribution in [-0.4, -0.2) is 15.0 Å². The van der Waals surface area contributed by atoms with E-state index in [1.165, 1.54) is 0 Å². The van der Waals surface area contributed by atoms with E-state index in [9.17, 15) is 4.11 Å². The van der Waals surface area contributed by atoms with Gasteiger partial charge in [-0.3, -0.25) is 0 Å². The van der Waals surface area contributed by atoms with Crippen LogP contribution in [0.25, 0.3) is 109 Å². The second-order valence-corrected chi connectivity index (χ2v) is 14.0. The first kappa shape index (κ1) is 22.9. The molecule has 0 saturated heterocycles. The molecule has 54 heavy (non-hydrogen) atoms. The van der Waals surface area contributed by atoms with Crippen LogP contribution in [0.1, 0.15) is 12.3 Å². The monoisotopic (exact) mass is 716 g/mol. The van der Waals surface area contributed by atoms with Crippen molar-refractivity contribution in [1.29, 1.82) is 0 Å². The minimum Gasteiger partial charge on any atom is -0.455 e. The summed E-state index contributed by atoms with van der Waals surface area (Å²) < 4.78 is 88.2. The Kier molecular flexibility index (Phi) is 5.22. The van der Waals surface area contributed by atoms with Gasteiger partial charge in [0.2, 0.25) is 0 Å². The first-order valence-electron chi connectivity index (χ1n) is 21.8. The maximum Gasteiger partial charge on any atom is 0.164 e. The van der Waals surface area contributed by atoms with Crippen molar-refractivity contribution in [2.45, 2.75) is 0 Å². The minimum absolute atomic E-state index is 0.0655. The van der Waals surface area contributed by atoms with E-state index in [-0.39, 0.29) is 61.8 Å². The number of hydrogen-bond acceptors (Lipinski definition) is 5. The third-order valence-corrected chi connectivity index (χ3v) is 10.7. The highest BCUT2D eigenvalue weighted by atomic mass is 32.1. The summed E-state index contributed by atoms with van der Waals surface area (Å²) in [7, 11) is 0. The summed E-state index contributed by atoms with van der Waals surface area (Å²) in [6.07, 6.45) is 0. The van der Waals surface area contributed by atoms with Crippen molar-refractivity contribution in [1.82, 2.24) is 15.0 Å². The molecule has 0 atom stereocenters. The van der Waals surface area contributed by atoms with Crippen LogP contribution >= 0.6 is 11.3 Å². The van der Waals surface area contributed by atoms with Crippen molar-refractivity contribution in [2.24, 2.45) is 0 Å². The van der Waals surface area contributed by atoms with Gasteiger partial charge in [-0.2, -0.15) is 0 Å². The number of thiophene rings is 1. The fraction of sp³-hybridized carbons (Fsp3) is 0. The molecule has 0 radical (unpaired) electrons. The van der Waals surface area contributed by atoms with Crippen molar-refractivity contribution in [2.75, 3.05) is 0 Å². The summed E-state index contributed by atoms with van der Waals surface area (Å²) in [5.41, 5.74) is 4.90. The molecule has 4 nitrogen and oxygen atoms in total. The van der Waals surface area contributed by atoms with Gasteiger partial charge in [0.05, 0.1) is 12.3 Å². The summed E-state index contributed by atoms with van der Waals surface area (Å²) >= 11 is 1.65. The lowest BCUT2D eigenvalue weighted by Gasteiger charge is -2.10. The third kappa shape index (κ3) is 5.09. The van der Waals surface area contributed by atoms with E-state index in [2.05, 4.69) is 36.4 Å². The first-order valence-corrected chi connectivity index (χ1v) is 18.1. The number of nitrogens with zero attached hydrogens (tertiary/aromatic N) is 3. The molecule has 11 rings (SSSR count). The zero-order chi connectivity index (χ0) is 43.4. The van der Waals surface area contributed by atoms with E-state index in [0.29, 0.717) is 11.1 Å². The first-order chi connectivity index (χ1) is 30.5. The fourth-order valence-corrected chi connectivity index (χ4v) is 8.23. The van der Waals surface area contributed by atoms with Gasteiger partial charge in [0.15, 0.2) is 17.5 Å². The van der Waals surface area contributed by atoms with Crippen LogP contribution in [0, 0.1) is 0 Å². The Bertz CT molecular complexity index is 3740. The van der Waals surface area contributed by atoms with E-state index >= 15 is 0 Å². The Morgan fingerprint density at radius 2 is 1.17 bits per heavy atom. The zero-order valence-corrected chi connectivity index (χ0v) is 29.0. The Hall–Kier alpha value is -6.95. The normalized spacial score (nSPS) is 14.0. The van der Waals surface area contributed by atoms with Crippen LogP contribution in [0.3, 0.4) is 0 Å². The number of aromatic nitrogens is 3. The van der Waals surface area contributed by atoms with E-state index in [1.807, 2.05) is 84.9 Å². The predicted molar refractivity (Wildman–Crippen MR) is 225 cm³/mol. The molecule has 0 amide bonds. The highest BCUT2D eigenvalue weighted by Crippen LogP contribution is 2.42. The van der Waals surface area contributed by atoms with Gasteiger partial charge in [-0.05, 0) is 70.0 Å². The van der Waals surface area contributed by atoms with Crippen molar-refractivity contribution in [3.8, 4) is 56.4 Å². The molecule has 0 saturated carbocycles. The number of rotatable bonds is 5. The lowest BCUT2D eigenvalue weighted by atomic mass is 9.99. The molecule has 11 aromatic rings. The summed E-state index contributed by atoms with van der Waals surface area (Å²) in [6, 6.07) is 35.9. The largest absolute Gasteiger partial charge is 0.455 e. The Morgan fingerprint density at radius 1 is 0.463 bits per heavy atom. The molecule has 0 N–H and O–H groups in total. The quantitative estimate of drug-likeness (QED) is 0.178. The summed E-state index contributed by atoms with van der Waals surface area (Å²) in [5.74, 6) is 0.458. The summed E-state index contributed by atoms with van der Waals surface area (Å²) in [4.78, 5) is 14.8. The highest BCUT2D eigenvalue weighted by Gasteiger charge is 2.18. The average Bonchev–Trinajstić information content (AvgIpc) is 3.91. The van der Waals surface area contributed by atoms with Crippen LogP contribution in [0.4, 0.5) is 0 Å². The number of hydrogen-bond donors (Lipinski definition) is 0. The van der Waals surface area contributed by atoms with Crippen LogP contribution in [0.15, 0.2) is 180 Å². The molecule has 0 aliphatic heterocycles. The molecule has 5 heteroatoms.